The first-order chi connectivity index (χ1) is 8.91. The molecule has 1 rings (SSSR count). The maximum atomic E-state index is 11.8. The lowest BCUT2D eigenvalue weighted by molar-refractivity contribution is -0.137. The van der Waals surface area contributed by atoms with Crippen LogP contribution in [0.1, 0.15) is 31.4 Å². The zero-order valence-electron chi connectivity index (χ0n) is 10.6. The number of carboxylic acids is 1. The number of amides is 1. The standard InChI is InChI=1S/C13H17BrN2O3/c1-8(9-4-2-3-5-10(9)14)16-13(19)11(15)6-7-12(17)18/h2-5,8,11H,6-7,15H2,1H3,(H,16,19)(H,17,18)/t8-,11?/m1/s1. The molecule has 0 saturated heterocycles. The van der Waals surface area contributed by atoms with E-state index in [1.54, 1.807) is 0 Å². The topological polar surface area (TPSA) is 92.4 Å². The third-order valence-corrected chi connectivity index (χ3v) is 3.46. The van der Waals surface area contributed by atoms with Crippen LogP contribution in [-0.2, 0) is 9.59 Å². The summed E-state index contributed by atoms with van der Waals surface area (Å²) >= 11 is 3.41. The molecule has 0 saturated carbocycles. The minimum atomic E-state index is -0.956. The van der Waals surface area contributed by atoms with Crippen LogP contribution in [0.5, 0.6) is 0 Å². The molecule has 104 valence electrons. The fourth-order valence-corrected chi connectivity index (χ4v) is 2.26. The maximum absolute atomic E-state index is 11.8. The average Bonchev–Trinajstić information content (AvgIpc) is 2.36. The Morgan fingerprint density at radius 1 is 1.42 bits per heavy atom. The van der Waals surface area contributed by atoms with Gasteiger partial charge in [-0.2, -0.15) is 0 Å². The highest BCUT2D eigenvalue weighted by Gasteiger charge is 2.18. The van der Waals surface area contributed by atoms with Crippen LogP contribution in [0.15, 0.2) is 28.7 Å². The van der Waals surface area contributed by atoms with Crippen molar-refractivity contribution in [3.05, 3.63) is 34.3 Å². The molecule has 1 aromatic carbocycles. The van der Waals surface area contributed by atoms with E-state index in [1.165, 1.54) is 0 Å². The average molecular weight is 329 g/mol. The van der Waals surface area contributed by atoms with Gasteiger partial charge >= 0.3 is 5.97 Å². The highest BCUT2D eigenvalue weighted by Crippen LogP contribution is 2.22. The summed E-state index contributed by atoms with van der Waals surface area (Å²) in [5.74, 6) is -1.30. The number of hydrogen-bond acceptors (Lipinski definition) is 3. The van der Waals surface area contributed by atoms with E-state index in [0.29, 0.717) is 0 Å². The summed E-state index contributed by atoms with van der Waals surface area (Å²) in [5, 5.41) is 11.3. The summed E-state index contributed by atoms with van der Waals surface area (Å²) in [6.07, 6.45) is 0.0157. The van der Waals surface area contributed by atoms with Gasteiger partial charge in [0.25, 0.3) is 0 Å². The van der Waals surface area contributed by atoms with Crippen LogP contribution in [0, 0.1) is 0 Å². The van der Waals surface area contributed by atoms with Crippen molar-refractivity contribution in [2.24, 2.45) is 5.73 Å². The molecule has 4 N–H and O–H groups in total. The number of rotatable bonds is 6. The number of aliphatic carboxylic acids is 1. The maximum Gasteiger partial charge on any atom is 0.303 e. The predicted octanol–water partition coefficient (Wildman–Crippen LogP) is 1.82. The second kappa shape index (κ2) is 7.25. The van der Waals surface area contributed by atoms with Crippen molar-refractivity contribution in [1.82, 2.24) is 5.32 Å². The molecule has 0 fully saturated rings. The molecular weight excluding hydrogens is 312 g/mol. The molecule has 0 spiro atoms. The van der Waals surface area contributed by atoms with E-state index in [-0.39, 0.29) is 24.8 Å². The molecule has 0 aliphatic carbocycles. The monoisotopic (exact) mass is 328 g/mol. The van der Waals surface area contributed by atoms with Gasteiger partial charge in [0.2, 0.25) is 5.91 Å². The third-order valence-electron chi connectivity index (χ3n) is 2.74. The second-order valence-electron chi connectivity index (χ2n) is 4.29. The fraction of sp³-hybridized carbons (Fsp3) is 0.385. The minimum Gasteiger partial charge on any atom is -0.481 e. The first-order valence-corrected chi connectivity index (χ1v) is 6.73. The van der Waals surface area contributed by atoms with Crippen molar-refractivity contribution in [2.75, 3.05) is 0 Å². The Labute approximate surface area is 120 Å². The van der Waals surface area contributed by atoms with E-state index in [9.17, 15) is 9.59 Å². The fourth-order valence-electron chi connectivity index (χ4n) is 1.63. The number of carbonyl (C=O) groups excluding carboxylic acids is 1. The van der Waals surface area contributed by atoms with Crippen molar-refractivity contribution < 1.29 is 14.7 Å². The molecule has 0 aliphatic rings. The highest BCUT2D eigenvalue weighted by atomic mass is 79.9. The molecule has 6 heteroatoms. The number of nitrogens with one attached hydrogen (secondary N) is 1. The van der Waals surface area contributed by atoms with Crippen LogP contribution in [0.4, 0.5) is 0 Å². The molecule has 0 aliphatic heterocycles. The van der Waals surface area contributed by atoms with Crippen LogP contribution in [0.3, 0.4) is 0 Å². The highest BCUT2D eigenvalue weighted by molar-refractivity contribution is 9.10. The van der Waals surface area contributed by atoms with Gasteiger partial charge < -0.3 is 16.2 Å². The Kier molecular flexibility index (Phi) is 5.98. The molecule has 1 amide bonds. The largest absolute Gasteiger partial charge is 0.481 e. The van der Waals surface area contributed by atoms with Crippen LogP contribution in [-0.4, -0.2) is 23.0 Å². The molecule has 1 aromatic rings. The normalized spacial score (nSPS) is 13.6. The van der Waals surface area contributed by atoms with Crippen molar-refractivity contribution >= 4 is 27.8 Å². The van der Waals surface area contributed by atoms with Crippen LogP contribution in [0.25, 0.3) is 0 Å². The Morgan fingerprint density at radius 3 is 2.63 bits per heavy atom. The molecule has 0 bridgehead atoms. The predicted molar refractivity (Wildman–Crippen MR) is 75.5 cm³/mol. The lowest BCUT2D eigenvalue weighted by atomic mass is 10.1. The molecule has 2 atom stereocenters. The van der Waals surface area contributed by atoms with E-state index in [0.717, 1.165) is 10.0 Å². The number of nitrogens with two attached hydrogens (primary N) is 1. The summed E-state index contributed by atoms with van der Waals surface area (Å²) in [6.45, 7) is 1.85. The van der Waals surface area contributed by atoms with Crippen molar-refractivity contribution in [3.63, 3.8) is 0 Å². The van der Waals surface area contributed by atoms with Gasteiger partial charge in [-0.15, -0.1) is 0 Å². The van der Waals surface area contributed by atoms with E-state index in [1.807, 2.05) is 31.2 Å². The number of carbonyl (C=O) groups is 2. The van der Waals surface area contributed by atoms with Gasteiger partial charge in [0.1, 0.15) is 0 Å². The van der Waals surface area contributed by atoms with Crippen LogP contribution < -0.4 is 11.1 Å². The van der Waals surface area contributed by atoms with Crippen LogP contribution >= 0.6 is 15.9 Å². The summed E-state index contributed by atoms with van der Waals surface area (Å²) in [5.41, 5.74) is 6.59. The van der Waals surface area contributed by atoms with Crippen molar-refractivity contribution in [3.8, 4) is 0 Å². The Bertz CT molecular complexity index is 465. The van der Waals surface area contributed by atoms with Gasteiger partial charge in [-0.3, -0.25) is 9.59 Å². The van der Waals surface area contributed by atoms with Gasteiger partial charge in [0.05, 0.1) is 12.1 Å². The molecule has 0 heterocycles. The summed E-state index contributed by atoms with van der Waals surface area (Å²) in [4.78, 5) is 22.2. The van der Waals surface area contributed by atoms with E-state index in [4.69, 9.17) is 10.8 Å². The first kappa shape index (κ1) is 15.7. The zero-order chi connectivity index (χ0) is 14.4. The second-order valence-corrected chi connectivity index (χ2v) is 5.15. The van der Waals surface area contributed by atoms with Crippen molar-refractivity contribution in [2.45, 2.75) is 31.8 Å². The number of benzene rings is 1. The van der Waals surface area contributed by atoms with Crippen molar-refractivity contribution in [1.29, 1.82) is 0 Å². The number of hydrogen-bond donors (Lipinski definition) is 3. The van der Waals surface area contributed by atoms with E-state index < -0.39 is 12.0 Å². The van der Waals surface area contributed by atoms with Gasteiger partial charge in [-0.1, -0.05) is 34.1 Å². The Morgan fingerprint density at radius 2 is 2.05 bits per heavy atom. The van der Waals surface area contributed by atoms with Crippen LogP contribution in [0.2, 0.25) is 0 Å². The third kappa shape index (κ3) is 5.00. The van der Waals surface area contributed by atoms with E-state index >= 15 is 0 Å². The molecule has 5 nitrogen and oxygen atoms in total. The minimum absolute atomic E-state index is 0.113. The molecule has 0 aromatic heterocycles. The Balaban J connectivity index is 2.57. The summed E-state index contributed by atoms with van der Waals surface area (Å²) < 4.78 is 0.905. The first-order valence-electron chi connectivity index (χ1n) is 5.94. The Hall–Kier alpha value is -1.40. The lowest BCUT2D eigenvalue weighted by Crippen LogP contribution is -2.41. The molecule has 0 radical (unpaired) electrons. The quantitative estimate of drug-likeness (QED) is 0.742. The molecular formula is C13H17BrN2O3. The van der Waals surface area contributed by atoms with E-state index in [2.05, 4.69) is 21.2 Å². The van der Waals surface area contributed by atoms with Gasteiger partial charge in [-0.25, -0.2) is 0 Å². The van der Waals surface area contributed by atoms with Gasteiger partial charge in [0, 0.05) is 10.9 Å². The number of halogens is 1. The smallest absolute Gasteiger partial charge is 0.303 e. The molecule has 19 heavy (non-hydrogen) atoms. The van der Waals surface area contributed by atoms with Gasteiger partial charge in [0.15, 0.2) is 0 Å². The SMILES string of the molecule is C[C@@H](NC(=O)C(N)CCC(=O)O)c1ccccc1Br. The number of carboxylic acid groups (broad SMARTS) is 1. The summed E-state index contributed by atoms with van der Waals surface area (Å²) in [6, 6.07) is 6.56. The summed E-state index contributed by atoms with van der Waals surface area (Å²) in [7, 11) is 0. The zero-order valence-corrected chi connectivity index (χ0v) is 12.2. The van der Waals surface area contributed by atoms with Gasteiger partial charge in [-0.05, 0) is 25.0 Å². The molecule has 1 unspecified atom stereocenters. The lowest BCUT2D eigenvalue weighted by Gasteiger charge is -2.18.